The average Bonchev–Trinajstić information content (AvgIpc) is 3.57. The molecule has 0 fully saturated rings. The van der Waals surface area contributed by atoms with Crippen molar-refractivity contribution in [2.75, 3.05) is 7.11 Å². The van der Waals surface area contributed by atoms with E-state index in [-0.39, 0.29) is 0 Å². The fraction of sp³-hybridized carbons (Fsp3) is 0.111. The van der Waals surface area contributed by atoms with Crippen LogP contribution in [0.2, 0.25) is 0 Å². The van der Waals surface area contributed by atoms with Gasteiger partial charge in [0.1, 0.15) is 12.3 Å². The van der Waals surface area contributed by atoms with Crippen LogP contribution in [0.4, 0.5) is 0 Å². The van der Waals surface area contributed by atoms with Crippen molar-refractivity contribution >= 4 is 22.9 Å². The number of pyridine rings is 1. The summed E-state index contributed by atoms with van der Waals surface area (Å²) >= 11 is 0. The Labute approximate surface area is 201 Å². The molecule has 174 valence electrons. The predicted octanol–water partition coefficient (Wildman–Crippen LogP) is 4.38. The molecule has 0 spiro atoms. The first-order valence-electron chi connectivity index (χ1n) is 11.0. The van der Waals surface area contributed by atoms with Crippen LogP contribution in [-0.4, -0.2) is 33.8 Å². The van der Waals surface area contributed by atoms with Crippen LogP contribution >= 0.6 is 0 Å². The molecule has 1 N–H and O–H groups in total. The number of benzene rings is 2. The van der Waals surface area contributed by atoms with Crippen LogP contribution in [0.25, 0.3) is 22.3 Å². The standard InChI is InChI=1S/C27H22N4O4/c1-34-27(33)24(19-11-6-3-7-12-19)30-26(32)21-15-23(18-9-4-2-5-10-18)29-25-22(21)16-28-31(25)17-20-13-8-14-35-20/h2-16,24H,17H2,1H3,(H,30,32). The molecule has 0 aliphatic rings. The van der Waals surface area contributed by atoms with Crippen LogP contribution in [0, 0.1) is 0 Å². The Hall–Kier alpha value is -4.72. The lowest BCUT2D eigenvalue weighted by Crippen LogP contribution is -2.34. The molecule has 5 rings (SSSR count). The minimum absolute atomic E-state index is 0.351. The molecule has 8 heteroatoms. The van der Waals surface area contributed by atoms with Crippen molar-refractivity contribution in [1.29, 1.82) is 0 Å². The Bertz CT molecular complexity index is 1460. The van der Waals surface area contributed by atoms with Crippen LogP contribution in [0.1, 0.15) is 27.7 Å². The van der Waals surface area contributed by atoms with E-state index in [2.05, 4.69) is 10.4 Å². The number of carbonyl (C=O) groups excluding carboxylic acids is 2. The number of aromatic nitrogens is 3. The highest BCUT2D eigenvalue weighted by Crippen LogP contribution is 2.26. The molecule has 0 bridgehead atoms. The maximum absolute atomic E-state index is 13.6. The summed E-state index contributed by atoms with van der Waals surface area (Å²) in [6.45, 7) is 0.359. The Morgan fingerprint density at radius 1 is 1.03 bits per heavy atom. The molecule has 0 saturated heterocycles. The van der Waals surface area contributed by atoms with E-state index in [0.29, 0.717) is 40.2 Å². The van der Waals surface area contributed by atoms with E-state index in [1.165, 1.54) is 7.11 Å². The topological polar surface area (TPSA) is 99.2 Å². The lowest BCUT2D eigenvalue weighted by molar-refractivity contribution is -0.143. The summed E-state index contributed by atoms with van der Waals surface area (Å²) in [4.78, 5) is 30.9. The van der Waals surface area contributed by atoms with Crippen molar-refractivity contribution in [3.8, 4) is 11.3 Å². The number of fused-ring (bicyclic) bond motifs is 1. The quantitative estimate of drug-likeness (QED) is 0.357. The lowest BCUT2D eigenvalue weighted by atomic mass is 10.0. The summed E-state index contributed by atoms with van der Waals surface area (Å²) in [5, 5.41) is 7.85. The first-order chi connectivity index (χ1) is 17.1. The summed E-state index contributed by atoms with van der Waals surface area (Å²) in [5.74, 6) is -0.291. The Balaban J connectivity index is 1.59. The number of methoxy groups -OCH3 is 1. The molecule has 5 aromatic rings. The molecule has 0 radical (unpaired) electrons. The summed E-state index contributed by atoms with van der Waals surface area (Å²) in [6.07, 6.45) is 3.20. The molecule has 8 nitrogen and oxygen atoms in total. The van der Waals surface area contributed by atoms with Gasteiger partial charge in [-0.2, -0.15) is 5.10 Å². The molecular formula is C27H22N4O4. The molecule has 0 aliphatic carbocycles. The van der Waals surface area contributed by atoms with E-state index in [4.69, 9.17) is 14.1 Å². The maximum atomic E-state index is 13.6. The molecule has 2 aromatic carbocycles. The molecule has 1 unspecified atom stereocenters. The van der Waals surface area contributed by atoms with Crippen LogP contribution < -0.4 is 5.32 Å². The van der Waals surface area contributed by atoms with Gasteiger partial charge in [0.2, 0.25) is 0 Å². The summed E-state index contributed by atoms with van der Waals surface area (Å²) in [6, 6.07) is 22.9. The number of esters is 1. The summed E-state index contributed by atoms with van der Waals surface area (Å²) in [5.41, 5.74) is 2.96. The highest BCUT2D eigenvalue weighted by atomic mass is 16.5. The second-order valence-corrected chi connectivity index (χ2v) is 7.88. The van der Waals surface area contributed by atoms with Crippen LogP contribution in [-0.2, 0) is 16.1 Å². The van der Waals surface area contributed by atoms with Crippen molar-refractivity contribution in [1.82, 2.24) is 20.1 Å². The first-order valence-corrected chi connectivity index (χ1v) is 11.0. The number of ether oxygens (including phenoxy) is 1. The van der Waals surface area contributed by atoms with Gasteiger partial charge in [-0.3, -0.25) is 4.79 Å². The summed E-state index contributed by atoms with van der Waals surface area (Å²) in [7, 11) is 1.29. The Morgan fingerprint density at radius 3 is 2.46 bits per heavy atom. The van der Waals surface area contributed by atoms with Gasteiger partial charge in [0, 0.05) is 5.56 Å². The zero-order valence-electron chi connectivity index (χ0n) is 18.9. The second-order valence-electron chi connectivity index (χ2n) is 7.88. The smallest absolute Gasteiger partial charge is 0.333 e. The molecule has 1 amide bonds. The number of hydrogen-bond acceptors (Lipinski definition) is 6. The largest absolute Gasteiger partial charge is 0.467 e. The van der Waals surface area contributed by atoms with Crippen molar-refractivity contribution < 1.29 is 18.7 Å². The fourth-order valence-electron chi connectivity index (χ4n) is 3.91. The Morgan fingerprint density at radius 2 is 1.77 bits per heavy atom. The highest BCUT2D eigenvalue weighted by molar-refractivity contribution is 6.07. The molecule has 1 atom stereocenters. The van der Waals surface area contributed by atoms with Gasteiger partial charge >= 0.3 is 5.97 Å². The number of nitrogens with zero attached hydrogens (tertiary/aromatic N) is 3. The van der Waals surface area contributed by atoms with Crippen molar-refractivity contribution in [3.63, 3.8) is 0 Å². The number of amides is 1. The van der Waals surface area contributed by atoms with E-state index in [1.54, 1.807) is 53.5 Å². The number of hydrogen-bond donors (Lipinski definition) is 1. The average molecular weight is 466 g/mol. The molecule has 3 aromatic heterocycles. The maximum Gasteiger partial charge on any atom is 0.333 e. The summed E-state index contributed by atoms with van der Waals surface area (Å²) < 4.78 is 12.1. The van der Waals surface area contributed by atoms with Crippen LogP contribution in [0.15, 0.2) is 95.7 Å². The lowest BCUT2D eigenvalue weighted by Gasteiger charge is -2.17. The van der Waals surface area contributed by atoms with E-state index in [9.17, 15) is 9.59 Å². The van der Waals surface area contributed by atoms with Gasteiger partial charge in [-0.25, -0.2) is 14.5 Å². The van der Waals surface area contributed by atoms with Crippen LogP contribution in [0.5, 0.6) is 0 Å². The molecule has 35 heavy (non-hydrogen) atoms. The molecular weight excluding hydrogens is 444 g/mol. The van der Waals surface area contributed by atoms with Gasteiger partial charge in [-0.1, -0.05) is 60.7 Å². The predicted molar refractivity (Wildman–Crippen MR) is 129 cm³/mol. The minimum atomic E-state index is -0.963. The third kappa shape index (κ3) is 4.54. The van der Waals surface area contributed by atoms with E-state index >= 15 is 0 Å². The first kappa shape index (κ1) is 22.1. The van der Waals surface area contributed by atoms with Gasteiger partial charge in [0.05, 0.1) is 36.2 Å². The second kappa shape index (κ2) is 9.64. The Kier molecular flexibility index (Phi) is 6.09. The number of carbonyl (C=O) groups is 2. The minimum Gasteiger partial charge on any atom is -0.467 e. The van der Waals surface area contributed by atoms with Crippen molar-refractivity contribution in [2.45, 2.75) is 12.6 Å². The van der Waals surface area contributed by atoms with E-state index < -0.39 is 17.9 Å². The number of nitrogens with one attached hydrogen (secondary N) is 1. The number of furan rings is 1. The molecule has 3 heterocycles. The zero-order chi connectivity index (χ0) is 24.2. The van der Waals surface area contributed by atoms with Gasteiger partial charge in [-0.05, 0) is 23.8 Å². The highest BCUT2D eigenvalue weighted by Gasteiger charge is 2.26. The normalized spacial score (nSPS) is 11.8. The van der Waals surface area contributed by atoms with Gasteiger partial charge in [0.15, 0.2) is 11.7 Å². The van der Waals surface area contributed by atoms with Crippen LogP contribution in [0.3, 0.4) is 0 Å². The van der Waals surface area contributed by atoms with E-state index in [0.717, 1.165) is 5.56 Å². The zero-order valence-corrected chi connectivity index (χ0v) is 18.9. The van der Waals surface area contributed by atoms with Crippen molar-refractivity contribution in [3.05, 3.63) is 108 Å². The SMILES string of the molecule is COC(=O)C(NC(=O)c1cc(-c2ccccc2)nc2c1cnn2Cc1ccco1)c1ccccc1. The third-order valence-electron chi connectivity index (χ3n) is 5.65. The van der Waals surface area contributed by atoms with Crippen molar-refractivity contribution in [2.24, 2.45) is 0 Å². The number of rotatable bonds is 7. The van der Waals surface area contributed by atoms with Gasteiger partial charge < -0.3 is 14.5 Å². The molecule has 0 aliphatic heterocycles. The monoisotopic (exact) mass is 466 g/mol. The van der Waals surface area contributed by atoms with E-state index in [1.807, 2.05) is 42.5 Å². The van der Waals surface area contributed by atoms with Gasteiger partial charge in [0.25, 0.3) is 5.91 Å². The fourth-order valence-corrected chi connectivity index (χ4v) is 3.91. The van der Waals surface area contributed by atoms with Gasteiger partial charge in [-0.15, -0.1) is 0 Å². The molecule has 0 saturated carbocycles. The third-order valence-corrected chi connectivity index (χ3v) is 5.65.